The zero-order valence-corrected chi connectivity index (χ0v) is 44.6. The highest BCUT2D eigenvalue weighted by molar-refractivity contribution is 5.76. The average molecular weight is 874 g/mol. The van der Waals surface area contributed by atoms with Gasteiger partial charge in [-0.05, 0) is 76.9 Å². The third-order valence-electron chi connectivity index (χ3n) is 14.7. The molecule has 1 amide bonds. The normalized spacial score (nSPS) is 13.8. The fraction of sp³-hybridized carbons (Fsp3) is 0.983. The molecule has 0 fully saturated rings. The Hall–Kier alpha value is -0.570. The summed E-state index contributed by atoms with van der Waals surface area (Å²) in [5.41, 5.74) is 0. The lowest BCUT2D eigenvalue weighted by Gasteiger charge is -2.33. The van der Waals surface area contributed by atoms with Crippen LogP contribution in [0.15, 0.2) is 0 Å². The zero-order chi connectivity index (χ0) is 45.6. The molecule has 0 N–H and O–H groups in total. The molecule has 0 aromatic rings. The first-order chi connectivity index (χ1) is 30.4. The van der Waals surface area contributed by atoms with Gasteiger partial charge in [0.1, 0.15) is 0 Å². The molecule has 3 unspecified atom stereocenters. The highest BCUT2D eigenvalue weighted by Crippen LogP contribution is 2.34. The molecule has 0 aliphatic rings. The number of carbonyl (C=O) groups is 1. The van der Waals surface area contributed by atoms with Crippen LogP contribution in [0.3, 0.4) is 0 Å². The van der Waals surface area contributed by atoms with Crippen molar-refractivity contribution >= 4 is 5.91 Å². The molecule has 0 aromatic heterocycles. The van der Waals surface area contributed by atoms with E-state index in [-0.39, 0.29) is 0 Å². The minimum Gasteiger partial charge on any atom is -0.340 e. The van der Waals surface area contributed by atoms with Crippen LogP contribution in [0.25, 0.3) is 0 Å². The molecule has 372 valence electrons. The molecule has 0 saturated carbocycles. The third-order valence-corrected chi connectivity index (χ3v) is 14.7. The summed E-state index contributed by atoms with van der Waals surface area (Å²) in [5, 5.41) is 0. The highest BCUT2D eigenvalue weighted by atomic mass is 16.2. The van der Waals surface area contributed by atoms with Gasteiger partial charge in [-0.15, -0.1) is 0 Å². The van der Waals surface area contributed by atoms with Gasteiger partial charge in [-0.25, -0.2) is 0 Å². The first-order valence-electron chi connectivity index (χ1n) is 29.3. The standard InChI is InChI=1S/C59H120N2O/c1-9-15-21-25-27-31-35-41-52-61(59(62)50-42-51-60(7)8)58(48-39-33-28-26-22-16-10-2)49-40-34-30-29-32-38-47-57(53-55(43-19-13-5)45-36-23-17-11-3)54-56(44-20-14-6)46-37-24-18-12-4/h55-58H,9-54H2,1-8H3. The molecule has 62 heavy (non-hydrogen) atoms. The molecule has 0 aliphatic carbocycles. The van der Waals surface area contributed by atoms with Gasteiger partial charge >= 0.3 is 0 Å². The number of rotatable bonds is 51. The van der Waals surface area contributed by atoms with Crippen LogP contribution in [0, 0.1) is 17.8 Å². The lowest BCUT2D eigenvalue weighted by atomic mass is 9.78. The summed E-state index contributed by atoms with van der Waals surface area (Å²) in [6.07, 6.45) is 60.1. The van der Waals surface area contributed by atoms with E-state index in [0.717, 1.165) is 43.7 Å². The summed E-state index contributed by atoms with van der Waals surface area (Å²) >= 11 is 0. The van der Waals surface area contributed by atoms with Gasteiger partial charge in [-0.1, -0.05) is 279 Å². The number of carbonyl (C=O) groups excluding carboxylic acids is 1. The molecular formula is C59H120N2O. The van der Waals surface area contributed by atoms with E-state index in [4.69, 9.17) is 0 Å². The predicted octanol–water partition coefficient (Wildman–Crippen LogP) is 19.9. The van der Waals surface area contributed by atoms with Gasteiger partial charge in [0.15, 0.2) is 0 Å². The largest absolute Gasteiger partial charge is 0.340 e. The minimum absolute atomic E-state index is 0.452. The van der Waals surface area contributed by atoms with Gasteiger partial charge in [0.05, 0.1) is 0 Å². The van der Waals surface area contributed by atoms with Crippen molar-refractivity contribution < 1.29 is 4.79 Å². The Morgan fingerprint density at radius 1 is 0.323 bits per heavy atom. The Morgan fingerprint density at radius 3 is 1.02 bits per heavy atom. The Kier molecular flexibility index (Phi) is 47.9. The topological polar surface area (TPSA) is 23.6 Å². The van der Waals surface area contributed by atoms with E-state index in [1.54, 1.807) is 0 Å². The van der Waals surface area contributed by atoms with E-state index >= 15 is 0 Å². The fourth-order valence-electron chi connectivity index (χ4n) is 10.7. The molecule has 3 nitrogen and oxygen atoms in total. The molecule has 3 heteroatoms. The Bertz CT molecular complexity index is 846. The van der Waals surface area contributed by atoms with Crippen LogP contribution >= 0.6 is 0 Å². The van der Waals surface area contributed by atoms with Crippen LogP contribution in [0.1, 0.15) is 324 Å². The first kappa shape index (κ1) is 61.4. The van der Waals surface area contributed by atoms with Crippen molar-refractivity contribution in [1.82, 2.24) is 9.80 Å². The smallest absolute Gasteiger partial charge is 0.222 e. The third kappa shape index (κ3) is 39.8. The molecule has 0 radical (unpaired) electrons. The van der Waals surface area contributed by atoms with Gasteiger partial charge in [0, 0.05) is 19.0 Å². The summed E-state index contributed by atoms with van der Waals surface area (Å²) in [6.45, 7) is 16.2. The van der Waals surface area contributed by atoms with Crippen molar-refractivity contribution in [3.05, 3.63) is 0 Å². The van der Waals surface area contributed by atoms with Gasteiger partial charge < -0.3 is 9.80 Å². The second kappa shape index (κ2) is 48.4. The second-order valence-corrected chi connectivity index (χ2v) is 21.3. The van der Waals surface area contributed by atoms with Crippen molar-refractivity contribution in [3.8, 4) is 0 Å². The van der Waals surface area contributed by atoms with E-state index in [1.807, 2.05) is 0 Å². The van der Waals surface area contributed by atoms with Crippen LogP contribution in [0.5, 0.6) is 0 Å². The maximum atomic E-state index is 14.0. The predicted molar refractivity (Wildman–Crippen MR) is 282 cm³/mol. The van der Waals surface area contributed by atoms with Crippen LogP contribution in [-0.2, 0) is 4.79 Å². The quantitative estimate of drug-likeness (QED) is 0.0569. The van der Waals surface area contributed by atoms with E-state index in [0.29, 0.717) is 11.9 Å². The first-order valence-corrected chi connectivity index (χ1v) is 29.3. The van der Waals surface area contributed by atoms with Gasteiger partial charge in [-0.2, -0.15) is 0 Å². The van der Waals surface area contributed by atoms with Crippen LogP contribution < -0.4 is 0 Å². The monoisotopic (exact) mass is 873 g/mol. The van der Waals surface area contributed by atoms with E-state index < -0.39 is 0 Å². The van der Waals surface area contributed by atoms with E-state index in [9.17, 15) is 4.79 Å². The molecule has 0 spiro atoms. The molecule has 0 aliphatic heterocycles. The van der Waals surface area contributed by atoms with Crippen molar-refractivity contribution in [2.45, 2.75) is 330 Å². The molecule has 0 rings (SSSR count). The summed E-state index contributed by atoms with van der Waals surface area (Å²) in [7, 11) is 4.29. The molecule has 0 bridgehead atoms. The number of unbranched alkanes of at least 4 members (excludes halogenated alkanes) is 26. The molecule has 3 atom stereocenters. The van der Waals surface area contributed by atoms with Gasteiger partial charge in [-0.3, -0.25) is 4.79 Å². The van der Waals surface area contributed by atoms with Crippen molar-refractivity contribution in [3.63, 3.8) is 0 Å². The Labute approximate surface area is 394 Å². The van der Waals surface area contributed by atoms with Crippen LogP contribution in [0.4, 0.5) is 0 Å². The number of hydrogen-bond donors (Lipinski definition) is 0. The van der Waals surface area contributed by atoms with Gasteiger partial charge in [0.2, 0.25) is 5.91 Å². The second-order valence-electron chi connectivity index (χ2n) is 21.3. The van der Waals surface area contributed by atoms with Crippen LogP contribution in [0.2, 0.25) is 0 Å². The van der Waals surface area contributed by atoms with Gasteiger partial charge in [0.25, 0.3) is 0 Å². The highest BCUT2D eigenvalue weighted by Gasteiger charge is 2.24. The zero-order valence-electron chi connectivity index (χ0n) is 44.6. The summed E-state index contributed by atoms with van der Waals surface area (Å²) < 4.78 is 0. The molecule has 0 aromatic carbocycles. The number of hydrogen-bond acceptors (Lipinski definition) is 2. The summed E-state index contributed by atoms with van der Waals surface area (Å²) in [5.74, 6) is 3.33. The Balaban J connectivity index is 5.48. The average Bonchev–Trinajstić information content (AvgIpc) is 3.26. The summed E-state index contributed by atoms with van der Waals surface area (Å²) in [6, 6.07) is 0.452. The molecule has 0 saturated heterocycles. The van der Waals surface area contributed by atoms with Crippen molar-refractivity contribution in [1.29, 1.82) is 0 Å². The minimum atomic E-state index is 0.452. The van der Waals surface area contributed by atoms with Crippen molar-refractivity contribution in [2.24, 2.45) is 17.8 Å². The van der Waals surface area contributed by atoms with E-state index in [1.165, 1.54) is 270 Å². The number of nitrogens with zero attached hydrogens (tertiary/aromatic N) is 2. The summed E-state index contributed by atoms with van der Waals surface area (Å²) in [4.78, 5) is 18.6. The lowest BCUT2D eigenvalue weighted by molar-refractivity contribution is -0.134. The SMILES string of the molecule is CCCCCCCCCCN(C(=O)CCCN(C)C)C(CCCCCCCCC)CCCCCCCCC(CC(CCCC)CCCCCC)CC(CCCC)CCCCCC. The molecule has 0 heterocycles. The molecular weight excluding hydrogens is 753 g/mol. The van der Waals surface area contributed by atoms with Crippen LogP contribution in [-0.4, -0.2) is 48.9 Å². The Morgan fingerprint density at radius 2 is 0.629 bits per heavy atom. The lowest BCUT2D eigenvalue weighted by Crippen LogP contribution is -2.41. The fourth-order valence-corrected chi connectivity index (χ4v) is 10.7. The van der Waals surface area contributed by atoms with E-state index in [2.05, 4.69) is 65.4 Å². The maximum absolute atomic E-state index is 14.0. The van der Waals surface area contributed by atoms with Crippen molar-refractivity contribution in [2.75, 3.05) is 27.2 Å². The maximum Gasteiger partial charge on any atom is 0.222 e. The number of amides is 1.